The van der Waals surface area contributed by atoms with Gasteiger partial charge in [-0.3, -0.25) is 0 Å². The van der Waals surface area contributed by atoms with Gasteiger partial charge in [0.05, 0.1) is 0 Å². The molecular weight excluding hydrogens is 291 g/mol. The van der Waals surface area contributed by atoms with Crippen molar-refractivity contribution in [1.29, 1.82) is 0 Å². The van der Waals surface area contributed by atoms with E-state index < -0.39 is 35.0 Å². The quantitative estimate of drug-likeness (QED) is 0.749. The molecule has 0 spiro atoms. The molecule has 0 aliphatic heterocycles. The second-order valence-corrected chi connectivity index (χ2v) is 7.73. The summed E-state index contributed by atoms with van der Waals surface area (Å²) in [6.45, 7) is 1.50. The maximum Gasteiger partial charge on any atom is 0.422 e. The van der Waals surface area contributed by atoms with Gasteiger partial charge >= 0.3 is 6.18 Å². The van der Waals surface area contributed by atoms with E-state index in [1.807, 2.05) is 0 Å². The van der Waals surface area contributed by atoms with Gasteiger partial charge in [-0.1, -0.05) is 6.92 Å². The van der Waals surface area contributed by atoms with Crippen LogP contribution in [-0.4, -0.2) is 22.8 Å². The lowest BCUT2D eigenvalue weighted by Crippen LogP contribution is -2.69. The summed E-state index contributed by atoms with van der Waals surface area (Å²) in [6, 6.07) is 0. The summed E-state index contributed by atoms with van der Waals surface area (Å²) in [5, 5.41) is 9.65. The Morgan fingerprint density at radius 3 is 1.57 bits per heavy atom. The zero-order chi connectivity index (χ0) is 15.8. The molecule has 4 aliphatic carbocycles. The molecule has 0 aromatic rings. The van der Waals surface area contributed by atoms with Crippen molar-refractivity contribution >= 4 is 0 Å². The monoisotopic (exact) mass is 312 g/mol. The van der Waals surface area contributed by atoms with Crippen molar-refractivity contribution in [1.82, 2.24) is 0 Å². The molecule has 1 unspecified atom stereocenters. The number of alkyl halides is 5. The number of aliphatic hydroxyl groups is 1. The first-order valence-corrected chi connectivity index (χ1v) is 7.58. The Morgan fingerprint density at radius 1 is 0.857 bits per heavy atom. The molecule has 122 valence electrons. The van der Waals surface area contributed by atoms with Crippen molar-refractivity contribution in [3.05, 3.63) is 0 Å². The number of halogens is 5. The van der Waals surface area contributed by atoms with E-state index in [2.05, 4.69) is 0 Å². The highest BCUT2D eigenvalue weighted by Crippen LogP contribution is 2.69. The maximum absolute atomic E-state index is 14.9. The molecule has 1 nitrogen and oxygen atoms in total. The highest BCUT2D eigenvalue weighted by molar-refractivity contribution is 5.15. The first kappa shape index (κ1) is 15.5. The van der Waals surface area contributed by atoms with Crippen LogP contribution in [0.2, 0.25) is 0 Å². The third kappa shape index (κ3) is 1.77. The third-order valence-corrected chi connectivity index (χ3v) is 6.67. The van der Waals surface area contributed by atoms with Gasteiger partial charge in [-0.15, -0.1) is 0 Å². The lowest BCUT2D eigenvalue weighted by molar-refractivity contribution is -0.372. The zero-order valence-electron chi connectivity index (χ0n) is 12.2. The van der Waals surface area contributed by atoms with Gasteiger partial charge in [-0.05, 0) is 62.7 Å². The van der Waals surface area contributed by atoms with Crippen LogP contribution in [0.1, 0.15) is 46.0 Å². The van der Waals surface area contributed by atoms with E-state index in [1.54, 1.807) is 0 Å². The summed E-state index contributed by atoms with van der Waals surface area (Å²) in [5.74, 6) is -4.25. The van der Waals surface area contributed by atoms with Crippen LogP contribution in [-0.2, 0) is 0 Å². The molecule has 0 amide bonds. The van der Waals surface area contributed by atoms with Gasteiger partial charge < -0.3 is 5.11 Å². The summed E-state index contributed by atoms with van der Waals surface area (Å²) in [5.41, 5.74) is -5.75. The SMILES string of the molecule is CC1(C(F)(F)C(C)(O)C(F)(F)F)C2CC3CC(C2)CC1C3. The van der Waals surface area contributed by atoms with Crippen molar-refractivity contribution in [2.45, 2.75) is 63.7 Å². The lowest BCUT2D eigenvalue weighted by atomic mass is 9.43. The fourth-order valence-corrected chi connectivity index (χ4v) is 5.38. The van der Waals surface area contributed by atoms with Gasteiger partial charge in [-0.25, -0.2) is 8.78 Å². The molecule has 0 aromatic carbocycles. The summed E-state index contributed by atoms with van der Waals surface area (Å²) >= 11 is 0. The van der Waals surface area contributed by atoms with Crippen LogP contribution >= 0.6 is 0 Å². The largest absolute Gasteiger partial charge is 0.422 e. The van der Waals surface area contributed by atoms with E-state index >= 15 is 0 Å². The highest BCUT2D eigenvalue weighted by Gasteiger charge is 2.76. The summed E-state index contributed by atoms with van der Waals surface area (Å²) in [4.78, 5) is 0. The van der Waals surface area contributed by atoms with Crippen LogP contribution in [0.4, 0.5) is 22.0 Å². The summed E-state index contributed by atoms with van der Waals surface area (Å²) in [7, 11) is 0. The molecule has 0 saturated heterocycles. The second-order valence-electron chi connectivity index (χ2n) is 7.73. The average molecular weight is 312 g/mol. The Morgan fingerprint density at radius 2 is 1.24 bits per heavy atom. The van der Waals surface area contributed by atoms with Crippen molar-refractivity contribution in [2.24, 2.45) is 29.1 Å². The van der Waals surface area contributed by atoms with Gasteiger partial charge in [0.1, 0.15) is 0 Å². The predicted molar refractivity (Wildman–Crippen MR) is 66.8 cm³/mol. The topological polar surface area (TPSA) is 20.2 Å². The van der Waals surface area contributed by atoms with E-state index in [1.165, 1.54) is 6.92 Å². The van der Waals surface area contributed by atoms with Crippen LogP contribution in [0, 0.1) is 29.1 Å². The molecule has 0 heterocycles. The van der Waals surface area contributed by atoms with Gasteiger partial charge in [-0.2, -0.15) is 13.2 Å². The molecule has 4 aliphatic rings. The molecule has 4 rings (SSSR count). The molecular formula is C15H21F5O. The first-order valence-electron chi connectivity index (χ1n) is 7.58. The van der Waals surface area contributed by atoms with E-state index in [0.717, 1.165) is 6.42 Å². The van der Waals surface area contributed by atoms with Crippen molar-refractivity contribution in [3.8, 4) is 0 Å². The molecule has 4 fully saturated rings. The van der Waals surface area contributed by atoms with Crippen LogP contribution in [0.25, 0.3) is 0 Å². The standard InChI is InChI=1S/C15H21F5O/c1-12(14(16,17)13(2,21)15(18,19)20)10-4-8-3-9(6-10)7-11(12)5-8/h8-11,21H,3-7H2,1-2H3. The minimum absolute atomic E-state index is 0.226. The number of hydrogen-bond donors (Lipinski definition) is 1. The smallest absolute Gasteiger partial charge is 0.376 e. The Balaban J connectivity index is 2.02. The van der Waals surface area contributed by atoms with Crippen molar-refractivity contribution in [3.63, 3.8) is 0 Å². The predicted octanol–water partition coefficient (Wildman–Crippen LogP) is 4.40. The number of rotatable bonds is 2. The molecule has 21 heavy (non-hydrogen) atoms. The van der Waals surface area contributed by atoms with Crippen LogP contribution in [0.15, 0.2) is 0 Å². The summed E-state index contributed by atoms with van der Waals surface area (Å²) in [6.07, 6.45) is -2.00. The second kappa shape index (κ2) is 4.12. The van der Waals surface area contributed by atoms with E-state index in [-0.39, 0.29) is 6.92 Å². The molecule has 4 saturated carbocycles. The highest BCUT2D eigenvalue weighted by atomic mass is 19.4. The molecule has 1 atom stereocenters. The van der Waals surface area contributed by atoms with Gasteiger partial charge in [0.15, 0.2) is 0 Å². The lowest BCUT2D eigenvalue weighted by Gasteiger charge is -2.63. The Hall–Kier alpha value is -0.390. The number of hydrogen-bond acceptors (Lipinski definition) is 1. The third-order valence-electron chi connectivity index (χ3n) is 6.67. The minimum Gasteiger partial charge on any atom is -0.376 e. The summed E-state index contributed by atoms with van der Waals surface area (Å²) < 4.78 is 68.7. The normalized spacial score (nSPS) is 45.7. The fourth-order valence-electron chi connectivity index (χ4n) is 5.38. The minimum atomic E-state index is -5.34. The Bertz CT molecular complexity index is 412. The first-order chi connectivity index (χ1) is 9.41. The molecule has 0 radical (unpaired) electrons. The van der Waals surface area contributed by atoms with Gasteiger partial charge in [0.2, 0.25) is 5.60 Å². The molecule has 4 bridgehead atoms. The van der Waals surface area contributed by atoms with Crippen LogP contribution < -0.4 is 0 Å². The van der Waals surface area contributed by atoms with E-state index in [9.17, 15) is 27.1 Å². The Labute approximate surface area is 120 Å². The van der Waals surface area contributed by atoms with Crippen LogP contribution in [0.3, 0.4) is 0 Å². The zero-order valence-corrected chi connectivity index (χ0v) is 12.2. The molecule has 0 aromatic heterocycles. The average Bonchev–Trinajstić information content (AvgIpc) is 2.32. The van der Waals surface area contributed by atoms with E-state index in [0.29, 0.717) is 37.5 Å². The fraction of sp³-hybridized carbons (Fsp3) is 1.00. The van der Waals surface area contributed by atoms with Gasteiger partial charge in [0.25, 0.3) is 5.92 Å². The van der Waals surface area contributed by atoms with Crippen molar-refractivity contribution in [2.75, 3.05) is 0 Å². The maximum atomic E-state index is 14.9. The molecule has 6 heteroatoms. The van der Waals surface area contributed by atoms with Crippen molar-refractivity contribution < 1.29 is 27.1 Å². The van der Waals surface area contributed by atoms with Crippen LogP contribution in [0.5, 0.6) is 0 Å². The molecule has 1 N–H and O–H groups in total. The van der Waals surface area contributed by atoms with E-state index in [4.69, 9.17) is 0 Å². The van der Waals surface area contributed by atoms with Gasteiger partial charge in [0, 0.05) is 5.41 Å². The Kier molecular flexibility index (Phi) is 3.04.